The number of hydrogen-bond donors (Lipinski definition) is 1. The zero-order chi connectivity index (χ0) is 66.5. The van der Waals surface area contributed by atoms with Crippen LogP contribution in [0.25, 0.3) is 0 Å². The van der Waals surface area contributed by atoms with E-state index in [0.717, 1.165) is 0 Å². The van der Waals surface area contributed by atoms with Gasteiger partial charge < -0.3 is 76.4 Å². The van der Waals surface area contributed by atoms with Crippen LogP contribution in [0, 0.1) is 23.7 Å². The lowest BCUT2D eigenvalue weighted by Crippen LogP contribution is -2.32. The van der Waals surface area contributed by atoms with Crippen molar-refractivity contribution < 1.29 is 114 Å². The zero-order valence-corrected chi connectivity index (χ0v) is 52.2. The molecule has 0 unspecified atom stereocenters. The first-order chi connectivity index (χ1) is 43.9. The lowest BCUT2D eigenvalue weighted by atomic mass is 10.1. The van der Waals surface area contributed by atoms with E-state index in [1.165, 1.54) is 41.3 Å². The Morgan fingerprint density at radius 2 is 0.703 bits per heavy atom. The molecular formula is C63H74N4O24. The third kappa shape index (κ3) is 26.5. The summed E-state index contributed by atoms with van der Waals surface area (Å²) in [6, 6.07) is 11.2. The highest BCUT2D eigenvalue weighted by Crippen LogP contribution is 2.36. The van der Waals surface area contributed by atoms with Gasteiger partial charge in [0.25, 0.3) is 0 Å². The minimum absolute atomic E-state index is 0.00162. The molecule has 0 saturated carbocycles. The van der Waals surface area contributed by atoms with Gasteiger partial charge in [0.15, 0.2) is 39.6 Å². The minimum atomic E-state index is -0.856. The molecule has 0 saturated heterocycles. The summed E-state index contributed by atoms with van der Waals surface area (Å²) < 4.78 is 81.1. The number of aromatic nitrogens is 2. The second-order valence-corrected chi connectivity index (χ2v) is 17.9. The van der Waals surface area contributed by atoms with Crippen molar-refractivity contribution in [1.82, 2.24) is 20.2 Å². The Bertz CT molecular complexity index is 3200. The van der Waals surface area contributed by atoms with E-state index in [4.69, 9.17) is 76.0 Å². The molecular weight excluding hydrogens is 1200 g/mol. The van der Waals surface area contributed by atoms with E-state index in [1.54, 1.807) is 74.4 Å². The monoisotopic (exact) mass is 1270 g/mol. The van der Waals surface area contributed by atoms with Crippen LogP contribution in [0.5, 0.6) is 34.5 Å². The van der Waals surface area contributed by atoms with Gasteiger partial charge in [0.1, 0.15) is 51.3 Å². The van der Waals surface area contributed by atoms with E-state index in [1.807, 2.05) is 0 Å². The number of nitrogens with zero attached hydrogens (tertiary/aromatic N) is 3. The van der Waals surface area contributed by atoms with Gasteiger partial charge in [0.05, 0.1) is 96.2 Å². The van der Waals surface area contributed by atoms with Crippen molar-refractivity contribution in [1.29, 1.82) is 0 Å². The molecule has 0 bridgehead atoms. The minimum Gasteiger partial charge on any atom is -0.482 e. The summed E-state index contributed by atoms with van der Waals surface area (Å²) in [4.78, 5) is 126. The van der Waals surface area contributed by atoms with Crippen LogP contribution < -0.4 is 33.7 Å². The number of esters is 8. The second kappa shape index (κ2) is 40.2. The Morgan fingerprint density at radius 1 is 0.374 bits per heavy atom. The molecule has 91 heavy (non-hydrogen) atoms. The SMILES string of the molecule is CCOC(=O)CNCc1cc(C#Cc2c(OCC(=O)OCC)cc(OCC(=O)OCC)cc2OCC(=O)OCC)cc(CN(Cc2cc(C#Cc3c(OCC(=O)OCC)cc(OCC(=O)OCC)cc3OCC(=O)OCC)cc(C(=O)OCC)n2)C(=O)OCC)n1. The summed E-state index contributed by atoms with van der Waals surface area (Å²) in [6.45, 7) is 10.4. The predicted molar refractivity (Wildman–Crippen MR) is 317 cm³/mol. The summed E-state index contributed by atoms with van der Waals surface area (Å²) in [5.74, 6) is 5.70. The van der Waals surface area contributed by atoms with Gasteiger partial charge >= 0.3 is 53.8 Å². The van der Waals surface area contributed by atoms with Crippen LogP contribution in [0.1, 0.15) is 112 Å². The second-order valence-electron chi connectivity index (χ2n) is 17.9. The Balaban J connectivity index is 1.95. The largest absolute Gasteiger partial charge is 0.482 e. The first-order valence-corrected chi connectivity index (χ1v) is 29.0. The van der Waals surface area contributed by atoms with Crippen molar-refractivity contribution in [2.45, 2.75) is 81.9 Å². The fourth-order valence-corrected chi connectivity index (χ4v) is 7.56. The molecule has 1 amide bonds. The van der Waals surface area contributed by atoms with Crippen molar-refractivity contribution in [3.8, 4) is 58.2 Å². The third-order valence-electron chi connectivity index (χ3n) is 11.1. The number of rotatable bonds is 36. The summed E-state index contributed by atoms with van der Waals surface area (Å²) >= 11 is 0. The van der Waals surface area contributed by atoms with Gasteiger partial charge in [0.2, 0.25) is 0 Å². The zero-order valence-electron chi connectivity index (χ0n) is 52.2. The summed E-state index contributed by atoms with van der Waals surface area (Å²) in [6.07, 6.45) is -0.854. The van der Waals surface area contributed by atoms with Gasteiger partial charge in [-0.25, -0.2) is 43.3 Å². The summed E-state index contributed by atoms with van der Waals surface area (Å²) in [5.41, 5.74) is 0.693. The molecule has 1 N–H and O–H groups in total. The van der Waals surface area contributed by atoms with Crippen LogP contribution in [0.4, 0.5) is 4.79 Å². The molecule has 0 atom stereocenters. The van der Waals surface area contributed by atoms with E-state index in [-0.39, 0.29) is 159 Å². The quantitative estimate of drug-likeness (QED) is 0.0359. The van der Waals surface area contributed by atoms with Gasteiger partial charge in [-0.3, -0.25) is 14.7 Å². The Morgan fingerprint density at radius 3 is 1.08 bits per heavy atom. The van der Waals surface area contributed by atoms with Crippen LogP contribution in [0.3, 0.4) is 0 Å². The number of pyridine rings is 2. The molecule has 28 heteroatoms. The normalized spacial score (nSPS) is 10.3. The Hall–Kier alpha value is -10.3. The van der Waals surface area contributed by atoms with Crippen LogP contribution in [-0.2, 0) is 95.8 Å². The molecule has 490 valence electrons. The number of nitrogens with one attached hydrogen (secondary N) is 1. The molecule has 2 aromatic carbocycles. The third-order valence-corrected chi connectivity index (χ3v) is 11.1. The smallest absolute Gasteiger partial charge is 0.410 e. The fourth-order valence-electron chi connectivity index (χ4n) is 7.56. The molecule has 0 radical (unpaired) electrons. The highest BCUT2D eigenvalue weighted by atomic mass is 16.6. The average molecular weight is 1270 g/mol. The van der Waals surface area contributed by atoms with Gasteiger partial charge in [0, 0.05) is 41.9 Å². The van der Waals surface area contributed by atoms with Gasteiger partial charge in [-0.15, -0.1) is 0 Å². The number of carbonyl (C=O) groups is 9. The molecule has 0 aliphatic heterocycles. The highest BCUT2D eigenvalue weighted by molar-refractivity contribution is 5.88. The summed E-state index contributed by atoms with van der Waals surface area (Å²) in [5, 5.41) is 2.98. The number of carbonyl (C=O) groups excluding carboxylic acids is 9. The van der Waals surface area contributed by atoms with Gasteiger partial charge in [-0.05, 0) is 86.6 Å². The van der Waals surface area contributed by atoms with Gasteiger partial charge in [-0.1, -0.05) is 23.7 Å². The topological polar surface area (TPSA) is 333 Å². The Kier molecular flexibility index (Phi) is 32.3. The molecule has 0 aliphatic rings. The van der Waals surface area contributed by atoms with Crippen LogP contribution in [-0.4, -0.2) is 174 Å². The molecule has 0 spiro atoms. The van der Waals surface area contributed by atoms with E-state index in [9.17, 15) is 43.2 Å². The maximum Gasteiger partial charge on any atom is 0.410 e. The number of benzene rings is 2. The van der Waals surface area contributed by atoms with E-state index >= 15 is 0 Å². The lowest BCUT2D eigenvalue weighted by molar-refractivity contribution is -0.146. The molecule has 2 aromatic heterocycles. The summed E-state index contributed by atoms with van der Waals surface area (Å²) in [7, 11) is 0. The highest BCUT2D eigenvalue weighted by Gasteiger charge is 2.23. The van der Waals surface area contributed by atoms with Crippen LogP contribution in [0.15, 0.2) is 48.5 Å². The molecule has 4 aromatic rings. The average Bonchev–Trinajstić information content (AvgIpc) is 1.46. The molecule has 2 heterocycles. The number of hydrogen-bond acceptors (Lipinski definition) is 27. The maximum absolute atomic E-state index is 14.1. The fraction of sp³-hybridized carbons (Fsp3) is 0.444. The standard InChI is InChI=1S/C63H74N4O24/c1-10-77-55(68)32-64-31-43-23-41(19-21-48-51(88-37-58(71)80-13-4)27-46(86-35-56(69)78-11-2)28-52(48)89-38-59(72)81-14-5)24-44(65-43)33-67(63(76)85-18-9)34-45-25-42(26-50(66-45)62(75)84-17-8)20-22-49-53(90-39-60(73)82-15-6)29-47(87-36-57(70)79-12-3)30-54(49)91-40-61(74)83-16-7/h23-30,64H,10-18,31-40H2,1-9H3. The van der Waals surface area contributed by atoms with Crippen molar-refractivity contribution in [2.75, 3.05) is 106 Å². The lowest BCUT2D eigenvalue weighted by Gasteiger charge is -2.22. The van der Waals surface area contributed by atoms with Crippen molar-refractivity contribution >= 4 is 53.8 Å². The van der Waals surface area contributed by atoms with E-state index in [0.29, 0.717) is 5.69 Å². The molecule has 0 aliphatic carbocycles. The van der Waals surface area contributed by atoms with Gasteiger partial charge in [-0.2, -0.15) is 0 Å². The van der Waals surface area contributed by atoms with E-state index < -0.39 is 93.5 Å². The number of ether oxygens (including phenoxy) is 15. The molecule has 4 rings (SSSR count). The van der Waals surface area contributed by atoms with Crippen molar-refractivity contribution in [3.05, 3.63) is 93.6 Å². The first-order valence-electron chi connectivity index (χ1n) is 29.0. The first kappa shape index (κ1) is 73.1. The van der Waals surface area contributed by atoms with E-state index in [2.05, 4.69) is 34.0 Å². The Labute approximate surface area is 525 Å². The maximum atomic E-state index is 14.1. The molecule has 0 fully saturated rings. The molecule has 28 nitrogen and oxygen atoms in total. The van der Waals surface area contributed by atoms with Crippen molar-refractivity contribution in [3.63, 3.8) is 0 Å². The number of amides is 1. The van der Waals surface area contributed by atoms with Crippen LogP contribution in [0.2, 0.25) is 0 Å². The van der Waals surface area contributed by atoms with Crippen molar-refractivity contribution in [2.24, 2.45) is 0 Å². The predicted octanol–water partition coefficient (Wildman–Crippen LogP) is 4.92. The van der Waals surface area contributed by atoms with Crippen LogP contribution >= 0.6 is 0 Å².